The fourth-order valence-corrected chi connectivity index (χ4v) is 5.23. The van der Waals surface area contributed by atoms with Crippen LogP contribution in [0.5, 0.6) is 0 Å². The number of piperidine rings is 1. The molecule has 3 N–H and O–H groups in total. The maximum Gasteiger partial charge on any atom is 0.256 e. The molecule has 7 nitrogen and oxygen atoms in total. The normalized spacial score (nSPS) is 20.0. The minimum absolute atomic E-state index is 0.204. The smallest absolute Gasteiger partial charge is 0.256 e. The first-order valence-electron chi connectivity index (χ1n) is 11.9. The Balaban J connectivity index is 1.32. The zero-order valence-corrected chi connectivity index (χ0v) is 20.6. The summed E-state index contributed by atoms with van der Waals surface area (Å²) in [5.74, 6) is -0.993. The van der Waals surface area contributed by atoms with E-state index in [9.17, 15) is 19.5 Å². The maximum absolute atomic E-state index is 13.5. The van der Waals surface area contributed by atoms with Gasteiger partial charge in [-0.1, -0.05) is 48.5 Å². The summed E-state index contributed by atoms with van der Waals surface area (Å²) in [5.41, 5.74) is 3.35. The van der Waals surface area contributed by atoms with Gasteiger partial charge < -0.3 is 20.6 Å². The molecule has 2 aliphatic heterocycles. The van der Waals surface area contributed by atoms with Crippen LogP contribution in [0.3, 0.4) is 0 Å². The molecule has 3 unspecified atom stereocenters. The van der Waals surface area contributed by atoms with Crippen molar-refractivity contribution in [1.82, 2.24) is 10.2 Å². The van der Waals surface area contributed by atoms with Crippen molar-refractivity contribution in [3.05, 3.63) is 83.9 Å². The van der Waals surface area contributed by atoms with Crippen LogP contribution in [0.4, 0.5) is 5.69 Å². The molecule has 0 spiro atoms. The molecule has 8 heteroatoms. The minimum atomic E-state index is -1.29. The number of nitrogens with zero attached hydrogens (tertiary/aromatic N) is 1. The number of nitrogens with one attached hydrogen (secondary N) is 2. The van der Waals surface area contributed by atoms with Gasteiger partial charge in [0.2, 0.25) is 5.91 Å². The van der Waals surface area contributed by atoms with E-state index < -0.39 is 18.1 Å². The number of amides is 3. The van der Waals surface area contributed by atoms with E-state index in [0.717, 1.165) is 16.0 Å². The van der Waals surface area contributed by atoms with Crippen molar-refractivity contribution in [3.8, 4) is 11.1 Å². The molecule has 1 fully saturated rings. The number of carbonyl (C=O) groups is 3. The number of aliphatic hydroxyl groups excluding tert-OH is 1. The Morgan fingerprint density at radius 3 is 2.50 bits per heavy atom. The van der Waals surface area contributed by atoms with Crippen molar-refractivity contribution in [2.75, 3.05) is 18.1 Å². The summed E-state index contributed by atoms with van der Waals surface area (Å²) >= 11 is 1.67. The molecule has 5 rings (SSSR count). The summed E-state index contributed by atoms with van der Waals surface area (Å²) in [4.78, 5) is 42.0. The second-order valence-corrected chi connectivity index (χ2v) is 9.92. The molecule has 0 aliphatic carbocycles. The zero-order chi connectivity index (χ0) is 25.2. The van der Waals surface area contributed by atoms with E-state index in [1.54, 1.807) is 47.0 Å². The lowest BCUT2D eigenvalue weighted by Gasteiger charge is -2.37. The Kier molecular flexibility index (Phi) is 6.80. The molecule has 184 valence electrons. The van der Waals surface area contributed by atoms with Crippen molar-refractivity contribution in [2.24, 2.45) is 0 Å². The van der Waals surface area contributed by atoms with Crippen LogP contribution in [0.1, 0.15) is 34.9 Å². The molecule has 3 aromatic rings. The first-order chi connectivity index (χ1) is 17.4. The molecule has 1 saturated heterocycles. The Morgan fingerprint density at radius 1 is 1.06 bits per heavy atom. The molecule has 0 bridgehead atoms. The fourth-order valence-electron chi connectivity index (χ4n) is 4.82. The third-order valence-electron chi connectivity index (χ3n) is 6.81. The average molecular weight is 502 g/mol. The van der Waals surface area contributed by atoms with Gasteiger partial charge in [0.25, 0.3) is 11.8 Å². The molecule has 0 aromatic heterocycles. The highest BCUT2D eigenvalue weighted by molar-refractivity contribution is 7.98. The summed E-state index contributed by atoms with van der Waals surface area (Å²) in [7, 11) is 0. The van der Waals surface area contributed by atoms with E-state index in [2.05, 4.69) is 10.6 Å². The number of anilines is 1. The van der Waals surface area contributed by atoms with Crippen molar-refractivity contribution >= 4 is 35.2 Å². The predicted octanol–water partition coefficient (Wildman–Crippen LogP) is 3.85. The van der Waals surface area contributed by atoms with Crippen LogP contribution < -0.4 is 10.6 Å². The Bertz CT molecular complexity index is 1300. The largest absolute Gasteiger partial charge is 0.378 e. The van der Waals surface area contributed by atoms with Gasteiger partial charge >= 0.3 is 0 Å². The number of rotatable bonds is 5. The summed E-state index contributed by atoms with van der Waals surface area (Å²) in [5, 5.41) is 16.2. The first-order valence-corrected chi connectivity index (χ1v) is 13.1. The monoisotopic (exact) mass is 501 g/mol. The van der Waals surface area contributed by atoms with Crippen LogP contribution in [0.15, 0.2) is 77.7 Å². The van der Waals surface area contributed by atoms with Crippen molar-refractivity contribution < 1.29 is 19.5 Å². The molecule has 3 aromatic carbocycles. The number of fused-ring (bicyclic) bond motifs is 2. The summed E-state index contributed by atoms with van der Waals surface area (Å²) in [6.07, 6.45) is 1.51. The minimum Gasteiger partial charge on any atom is -0.378 e. The van der Waals surface area contributed by atoms with Gasteiger partial charge in [0.05, 0.1) is 11.3 Å². The molecule has 2 aliphatic rings. The van der Waals surface area contributed by atoms with Gasteiger partial charge in [-0.25, -0.2) is 0 Å². The lowest BCUT2D eigenvalue weighted by atomic mass is 9.95. The molecular formula is C28H27N3O4S. The van der Waals surface area contributed by atoms with Crippen LogP contribution >= 0.6 is 11.8 Å². The quantitative estimate of drug-likeness (QED) is 0.462. The van der Waals surface area contributed by atoms with Crippen LogP contribution in [0, 0.1) is 0 Å². The third-order valence-corrected chi connectivity index (χ3v) is 7.55. The van der Waals surface area contributed by atoms with Crippen LogP contribution in [0.2, 0.25) is 0 Å². The Labute approximate surface area is 213 Å². The van der Waals surface area contributed by atoms with Crippen LogP contribution in [-0.2, 0) is 9.59 Å². The lowest BCUT2D eigenvalue weighted by molar-refractivity contribution is -0.131. The lowest BCUT2D eigenvalue weighted by Crippen LogP contribution is -2.55. The highest BCUT2D eigenvalue weighted by atomic mass is 32.2. The summed E-state index contributed by atoms with van der Waals surface area (Å²) in [6.45, 7) is 0.329. The van der Waals surface area contributed by atoms with Crippen LogP contribution in [-0.4, -0.2) is 52.6 Å². The van der Waals surface area contributed by atoms with Gasteiger partial charge in [0.15, 0.2) is 6.10 Å². The van der Waals surface area contributed by atoms with Gasteiger partial charge in [-0.3, -0.25) is 14.4 Å². The van der Waals surface area contributed by atoms with E-state index in [1.165, 1.54) is 0 Å². The number of aliphatic hydroxyl groups is 1. The standard InChI is InChI=1S/C28H27N3O4S/c1-36-21-10-7-17(8-11-21)19-9-12-23-22(15-19)28(35)31-14-13-20(16-24(31)26(33)30-23)29-27(34)25(32)18-5-3-2-4-6-18/h2-12,15,20,24-25,32H,13-14,16H2,1H3,(H,29,34)(H,30,33). The second kappa shape index (κ2) is 10.2. The molecule has 0 radical (unpaired) electrons. The maximum atomic E-state index is 13.5. The van der Waals surface area contributed by atoms with E-state index in [-0.39, 0.29) is 24.3 Å². The van der Waals surface area contributed by atoms with E-state index >= 15 is 0 Å². The highest BCUT2D eigenvalue weighted by Gasteiger charge is 2.40. The van der Waals surface area contributed by atoms with Gasteiger partial charge in [0, 0.05) is 17.5 Å². The average Bonchev–Trinajstić information content (AvgIpc) is 3.02. The number of carbonyl (C=O) groups excluding carboxylic acids is 3. The van der Waals surface area contributed by atoms with Crippen LogP contribution in [0.25, 0.3) is 11.1 Å². The number of benzene rings is 3. The zero-order valence-electron chi connectivity index (χ0n) is 19.8. The molecule has 0 saturated carbocycles. The Morgan fingerprint density at radius 2 is 1.78 bits per heavy atom. The van der Waals surface area contributed by atoms with E-state index in [4.69, 9.17) is 0 Å². The van der Waals surface area contributed by atoms with Gasteiger partial charge in [-0.05, 0) is 60.1 Å². The molecule has 2 heterocycles. The predicted molar refractivity (Wildman–Crippen MR) is 140 cm³/mol. The number of thioether (sulfide) groups is 1. The molecule has 36 heavy (non-hydrogen) atoms. The molecule has 3 atom stereocenters. The summed E-state index contributed by atoms with van der Waals surface area (Å²) < 4.78 is 0. The van der Waals surface area contributed by atoms with Gasteiger partial charge in [-0.2, -0.15) is 0 Å². The van der Waals surface area contributed by atoms with Crippen molar-refractivity contribution in [3.63, 3.8) is 0 Å². The first kappa shape index (κ1) is 24.1. The SMILES string of the molecule is CSc1ccc(-c2ccc3c(c2)C(=O)N2CCC(NC(=O)C(O)c4ccccc4)CC2C(=O)N3)cc1. The summed E-state index contributed by atoms with van der Waals surface area (Å²) in [6, 6.07) is 21.3. The topological polar surface area (TPSA) is 98.7 Å². The number of hydrogen-bond donors (Lipinski definition) is 3. The Hall–Kier alpha value is -3.62. The highest BCUT2D eigenvalue weighted by Crippen LogP contribution is 2.32. The van der Waals surface area contributed by atoms with E-state index in [1.807, 2.05) is 48.7 Å². The van der Waals surface area contributed by atoms with E-state index in [0.29, 0.717) is 29.8 Å². The van der Waals surface area contributed by atoms with Gasteiger partial charge in [0.1, 0.15) is 6.04 Å². The van der Waals surface area contributed by atoms with Gasteiger partial charge in [-0.15, -0.1) is 11.8 Å². The molecular weight excluding hydrogens is 474 g/mol. The second-order valence-electron chi connectivity index (χ2n) is 9.04. The third kappa shape index (κ3) is 4.74. The van der Waals surface area contributed by atoms with Crippen molar-refractivity contribution in [1.29, 1.82) is 0 Å². The van der Waals surface area contributed by atoms with Crippen molar-refractivity contribution in [2.45, 2.75) is 35.9 Å². The number of hydrogen-bond acceptors (Lipinski definition) is 5. The molecule has 3 amide bonds. The fraction of sp³-hybridized carbons (Fsp3) is 0.250.